The molecule has 1 saturated carbocycles. The normalized spacial score (nSPS) is 32.6. The van der Waals surface area contributed by atoms with E-state index in [-0.39, 0.29) is 0 Å². The zero-order valence-corrected chi connectivity index (χ0v) is 17.9. The Balaban J connectivity index is 1.25. The Morgan fingerprint density at radius 1 is 1.17 bits per heavy atom. The third-order valence-electron chi connectivity index (χ3n) is 7.76. The molecule has 5 rings (SSSR count). The lowest BCUT2D eigenvalue weighted by Crippen LogP contribution is -2.65. The van der Waals surface area contributed by atoms with Gasteiger partial charge in [-0.25, -0.2) is 0 Å². The highest BCUT2D eigenvalue weighted by Crippen LogP contribution is 2.41. The Hall–Kier alpha value is -1.46. The van der Waals surface area contributed by atoms with Gasteiger partial charge in [-0.15, -0.1) is 0 Å². The summed E-state index contributed by atoms with van der Waals surface area (Å²) in [5.41, 5.74) is 2.33. The number of hydrogen-bond donors (Lipinski definition) is 1. The highest BCUT2D eigenvalue weighted by atomic mass is 16.2. The molecule has 29 heavy (non-hydrogen) atoms. The van der Waals surface area contributed by atoms with Crippen LogP contribution in [0.1, 0.15) is 49.9 Å². The molecule has 3 saturated heterocycles. The van der Waals surface area contributed by atoms with Crippen LogP contribution in [0.15, 0.2) is 18.2 Å². The Morgan fingerprint density at radius 3 is 2.86 bits per heavy atom. The van der Waals surface area contributed by atoms with Gasteiger partial charge in [0.1, 0.15) is 0 Å². The molecule has 2 bridgehead atoms. The van der Waals surface area contributed by atoms with E-state index in [1.807, 2.05) is 0 Å². The Labute approximate surface area is 175 Å². The van der Waals surface area contributed by atoms with Crippen LogP contribution in [0.5, 0.6) is 0 Å². The fraction of sp³-hybridized carbons (Fsp3) is 0.750. The molecule has 4 heterocycles. The predicted octanol–water partition coefficient (Wildman–Crippen LogP) is 2.63. The number of hydrogen-bond acceptors (Lipinski definition) is 4. The standard InChI is InChI=1S/C24H36N4O/c1-17-5-4-6-21(26-17)10-12-27-15-19-13-20(16-27)23(14-25-24(29)18-8-9-18)28-11-3-2-7-22(19)28/h4-6,18-20,22-23H,2-3,7-16H2,1H3,(H,25,29)/t19-,20+,22+,23+/m1/s1. The molecule has 4 aliphatic rings. The molecule has 1 aromatic rings. The minimum Gasteiger partial charge on any atom is -0.354 e. The lowest BCUT2D eigenvalue weighted by Gasteiger charge is -2.57. The van der Waals surface area contributed by atoms with E-state index in [0.29, 0.717) is 23.8 Å². The summed E-state index contributed by atoms with van der Waals surface area (Å²) in [4.78, 5) is 22.5. The molecule has 1 aromatic heterocycles. The number of pyridine rings is 1. The fourth-order valence-corrected chi connectivity index (χ4v) is 6.17. The van der Waals surface area contributed by atoms with Gasteiger partial charge in [0.2, 0.25) is 5.91 Å². The number of likely N-dealkylation sites (tertiary alicyclic amines) is 1. The lowest BCUT2D eigenvalue weighted by atomic mass is 9.72. The van der Waals surface area contributed by atoms with Gasteiger partial charge in [0.25, 0.3) is 0 Å². The van der Waals surface area contributed by atoms with E-state index in [1.165, 1.54) is 51.0 Å². The molecule has 1 aliphatic carbocycles. The molecule has 1 amide bonds. The van der Waals surface area contributed by atoms with Crippen molar-refractivity contribution in [3.8, 4) is 0 Å². The molecule has 5 nitrogen and oxygen atoms in total. The summed E-state index contributed by atoms with van der Waals surface area (Å²) in [6.07, 6.45) is 8.62. The van der Waals surface area contributed by atoms with Gasteiger partial charge in [0, 0.05) is 62.0 Å². The van der Waals surface area contributed by atoms with Crippen molar-refractivity contribution in [3.63, 3.8) is 0 Å². The van der Waals surface area contributed by atoms with Gasteiger partial charge < -0.3 is 10.2 Å². The molecular weight excluding hydrogens is 360 g/mol. The smallest absolute Gasteiger partial charge is 0.223 e. The number of amides is 1. The van der Waals surface area contributed by atoms with E-state index in [9.17, 15) is 4.79 Å². The first kappa shape index (κ1) is 19.5. The maximum atomic E-state index is 12.3. The summed E-state index contributed by atoms with van der Waals surface area (Å²) in [6, 6.07) is 7.62. The average Bonchev–Trinajstić information content (AvgIpc) is 3.58. The molecule has 3 aliphatic heterocycles. The van der Waals surface area contributed by atoms with Crippen molar-refractivity contribution in [1.82, 2.24) is 20.1 Å². The SMILES string of the molecule is Cc1cccc(CCN2C[C@H]3C[C@@H](C2)[C@H](CNC(=O)C2CC2)N2CCCC[C@@H]32)n1. The molecular formula is C24H36N4O. The van der Waals surface area contributed by atoms with Crippen LogP contribution in [0.3, 0.4) is 0 Å². The summed E-state index contributed by atoms with van der Waals surface area (Å²) >= 11 is 0. The van der Waals surface area contributed by atoms with Crippen LogP contribution in [-0.4, -0.2) is 65.5 Å². The van der Waals surface area contributed by atoms with Crippen LogP contribution in [0.2, 0.25) is 0 Å². The Bertz CT molecular complexity index is 733. The largest absolute Gasteiger partial charge is 0.354 e. The highest BCUT2D eigenvalue weighted by Gasteiger charge is 2.47. The number of nitrogens with one attached hydrogen (secondary N) is 1. The number of carbonyl (C=O) groups excluding carboxylic acids is 1. The molecule has 0 unspecified atom stereocenters. The average molecular weight is 397 g/mol. The molecule has 5 heteroatoms. The van der Waals surface area contributed by atoms with E-state index in [2.05, 4.69) is 40.2 Å². The number of piperidine rings is 3. The van der Waals surface area contributed by atoms with Crippen molar-refractivity contribution in [2.24, 2.45) is 17.8 Å². The van der Waals surface area contributed by atoms with Gasteiger partial charge in [-0.2, -0.15) is 0 Å². The molecule has 0 aromatic carbocycles. The predicted molar refractivity (Wildman–Crippen MR) is 115 cm³/mol. The van der Waals surface area contributed by atoms with Gasteiger partial charge in [-0.3, -0.25) is 14.7 Å². The summed E-state index contributed by atoms with van der Waals surface area (Å²) in [7, 11) is 0. The van der Waals surface area contributed by atoms with Crippen LogP contribution in [0, 0.1) is 24.7 Å². The second-order valence-electron chi connectivity index (χ2n) is 9.92. The molecule has 0 radical (unpaired) electrons. The fourth-order valence-electron chi connectivity index (χ4n) is 6.17. The number of aromatic nitrogens is 1. The maximum Gasteiger partial charge on any atom is 0.223 e. The van der Waals surface area contributed by atoms with Crippen LogP contribution < -0.4 is 5.32 Å². The minimum absolute atomic E-state index is 0.305. The van der Waals surface area contributed by atoms with Crippen molar-refractivity contribution in [2.45, 2.75) is 64.0 Å². The zero-order chi connectivity index (χ0) is 19.8. The number of carbonyl (C=O) groups is 1. The molecule has 4 fully saturated rings. The van der Waals surface area contributed by atoms with Gasteiger partial charge >= 0.3 is 0 Å². The molecule has 4 atom stereocenters. The minimum atomic E-state index is 0.305. The Kier molecular flexibility index (Phi) is 5.61. The van der Waals surface area contributed by atoms with Gasteiger partial charge in [0.15, 0.2) is 0 Å². The zero-order valence-electron chi connectivity index (χ0n) is 17.9. The first-order valence-electron chi connectivity index (χ1n) is 11.9. The monoisotopic (exact) mass is 396 g/mol. The summed E-state index contributed by atoms with van der Waals surface area (Å²) < 4.78 is 0. The summed E-state index contributed by atoms with van der Waals surface area (Å²) in [5.74, 6) is 2.11. The summed E-state index contributed by atoms with van der Waals surface area (Å²) in [6.45, 7) is 7.69. The van der Waals surface area contributed by atoms with Gasteiger partial charge in [-0.1, -0.05) is 12.5 Å². The number of fused-ring (bicyclic) bond motifs is 4. The van der Waals surface area contributed by atoms with E-state index in [4.69, 9.17) is 4.98 Å². The van der Waals surface area contributed by atoms with E-state index in [0.717, 1.165) is 50.0 Å². The second kappa shape index (κ2) is 8.35. The molecule has 1 N–H and O–H groups in total. The van der Waals surface area contributed by atoms with Gasteiger partial charge in [0.05, 0.1) is 0 Å². The van der Waals surface area contributed by atoms with Crippen molar-refractivity contribution in [3.05, 3.63) is 29.6 Å². The van der Waals surface area contributed by atoms with Crippen molar-refractivity contribution in [1.29, 1.82) is 0 Å². The second-order valence-corrected chi connectivity index (χ2v) is 9.92. The van der Waals surface area contributed by atoms with Crippen molar-refractivity contribution in [2.75, 3.05) is 32.7 Å². The van der Waals surface area contributed by atoms with Crippen molar-refractivity contribution >= 4 is 5.91 Å². The third-order valence-corrected chi connectivity index (χ3v) is 7.76. The maximum absolute atomic E-state index is 12.3. The highest BCUT2D eigenvalue weighted by molar-refractivity contribution is 5.80. The van der Waals surface area contributed by atoms with E-state index in [1.54, 1.807) is 0 Å². The topological polar surface area (TPSA) is 48.5 Å². The number of aryl methyl sites for hydroxylation is 1. The molecule has 158 valence electrons. The van der Waals surface area contributed by atoms with Crippen molar-refractivity contribution < 1.29 is 4.79 Å². The van der Waals surface area contributed by atoms with Crippen LogP contribution in [0.4, 0.5) is 0 Å². The Morgan fingerprint density at radius 2 is 2.03 bits per heavy atom. The van der Waals surface area contributed by atoms with Crippen LogP contribution >= 0.6 is 0 Å². The van der Waals surface area contributed by atoms with Crippen LogP contribution in [0.25, 0.3) is 0 Å². The summed E-state index contributed by atoms with van der Waals surface area (Å²) in [5, 5.41) is 3.32. The number of nitrogens with zero attached hydrogens (tertiary/aromatic N) is 3. The van der Waals surface area contributed by atoms with Crippen LogP contribution in [-0.2, 0) is 11.2 Å². The molecule has 0 spiro atoms. The quantitative estimate of drug-likeness (QED) is 0.803. The van der Waals surface area contributed by atoms with E-state index < -0.39 is 0 Å². The first-order valence-corrected chi connectivity index (χ1v) is 11.9. The number of rotatable bonds is 6. The van der Waals surface area contributed by atoms with E-state index >= 15 is 0 Å². The first-order chi connectivity index (χ1) is 14.2. The van der Waals surface area contributed by atoms with Gasteiger partial charge in [-0.05, 0) is 69.5 Å². The third kappa shape index (κ3) is 4.36. The lowest BCUT2D eigenvalue weighted by molar-refractivity contribution is -0.123.